The number of fused-ring (bicyclic) bond motifs is 1. The van der Waals surface area contributed by atoms with Gasteiger partial charge < -0.3 is 14.6 Å². The molecule has 0 spiro atoms. The first kappa shape index (κ1) is 17.4. The maximum atomic E-state index is 12.1. The van der Waals surface area contributed by atoms with Crippen LogP contribution in [-0.4, -0.2) is 28.0 Å². The van der Waals surface area contributed by atoms with Crippen LogP contribution in [-0.2, 0) is 20.9 Å². The summed E-state index contributed by atoms with van der Waals surface area (Å²) in [6, 6.07) is 15.0. The van der Waals surface area contributed by atoms with Gasteiger partial charge in [-0.2, -0.15) is 0 Å². The molecule has 0 unspecified atom stereocenters. The third-order valence-electron chi connectivity index (χ3n) is 3.61. The third kappa shape index (κ3) is 4.36. The van der Waals surface area contributed by atoms with Gasteiger partial charge in [-0.05, 0) is 59.8 Å². The molecule has 128 valence electrons. The lowest BCUT2D eigenvalue weighted by Gasteiger charge is -2.09. The van der Waals surface area contributed by atoms with E-state index >= 15 is 0 Å². The SMILES string of the molecule is Cc1nc2ccccc2n1CC(=O)OCC(=O)Nc1cccc(I)c1. The number of hydrogen-bond donors (Lipinski definition) is 1. The number of benzene rings is 2. The number of anilines is 1. The molecule has 0 bridgehead atoms. The largest absolute Gasteiger partial charge is 0.454 e. The van der Waals surface area contributed by atoms with E-state index < -0.39 is 5.97 Å². The fraction of sp³-hybridized carbons (Fsp3) is 0.167. The average Bonchev–Trinajstić information content (AvgIpc) is 2.89. The predicted molar refractivity (Wildman–Crippen MR) is 103 cm³/mol. The van der Waals surface area contributed by atoms with Crippen LogP contribution in [0.15, 0.2) is 48.5 Å². The first-order chi connectivity index (χ1) is 12.0. The quantitative estimate of drug-likeness (QED) is 0.480. The van der Waals surface area contributed by atoms with Crippen molar-refractivity contribution in [1.82, 2.24) is 9.55 Å². The fourth-order valence-electron chi connectivity index (χ4n) is 2.48. The van der Waals surface area contributed by atoms with Crippen molar-refractivity contribution in [1.29, 1.82) is 0 Å². The van der Waals surface area contributed by atoms with Gasteiger partial charge in [0.15, 0.2) is 6.61 Å². The van der Waals surface area contributed by atoms with E-state index in [0.29, 0.717) is 5.69 Å². The highest BCUT2D eigenvalue weighted by Crippen LogP contribution is 2.15. The summed E-state index contributed by atoms with van der Waals surface area (Å²) < 4.78 is 7.86. The van der Waals surface area contributed by atoms with Gasteiger partial charge in [-0.3, -0.25) is 9.59 Å². The molecule has 1 amide bonds. The topological polar surface area (TPSA) is 73.2 Å². The maximum Gasteiger partial charge on any atom is 0.326 e. The van der Waals surface area contributed by atoms with Crippen molar-refractivity contribution in [2.45, 2.75) is 13.5 Å². The molecule has 6 nitrogen and oxygen atoms in total. The van der Waals surface area contributed by atoms with E-state index in [1.54, 1.807) is 10.6 Å². The van der Waals surface area contributed by atoms with Crippen molar-refractivity contribution < 1.29 is 14.3 Å². The van der Waals surface area contributed by atoms with Crippen LogP contribution >= 0.6 is 22.6 Å². The Bertz CT molecular complexity index is 936. The molecule has 25 heavy (non-hydrogen) atoms. The lowest BCUT2D eigenvalue weighted by atomic mass is 10.3. The lowest BCUT2D eigenvalue weighted by molar-refractivity contribution is -0.147. The van der Waals surface area contributed by atoms with Gasteiger partial charge in [0, 0.05) is 9.26 Å². The number of carbonyl (C=O) groups is 2. The molecule has 0 aliphatic heterocycles. The molecule has 0 radical (unpaired) electrons. The minimum atomic E-state index is -0.482. The van der Waals surface area contributed by atoms with Crippen molar-refractivity contribution in [3.63, 3.8) is 0 Å². The molecule has 0 saturated heterocycles. The zero-order valence-electron chi connectivity index (χ0n) is 13.5. The molecule has 7 heteroatoms. The standard InChI is InChI=1S/C18H16IN3O3/c1-12-20-15-7-2-3-8-16(15)22(12)10-18(24)25-11-17(23)21-14-6-4-5-13(19)9-14/h2-9H,10-11H2,1H3,(H,21,23). The molecule has 3 aromatic rings. The number of aromatic nitrogens is 2. The van der Waals surface area contributed by atoms with Crippen LogP contribution in [0.3, 0.4) is 0 Å². The van der Waals surface area contributed by atoms with Gasteiger partial charge in [-0.1, -0.05) is 18.2 Å². The Balaban J connectivity index is 1.57. The highest BCUT2D eigenvalue weighted by atomic mass is 127. The second kappa shape index (κ2) is 7.64. The van der Waals surface area contributed by atoms with E-state index in [1.807, 2.05) is 49.4 Å². The average molecular weight is 449 g/mol. The van der Waals surface area contributed by atoms with Crippen LogP contribution in [0.25, 0.3) is 11.0 Å². The van der Waals surface area contributed by atoms with Crippen molar-refractivity contribution >= 4 is 51.2 Å². The Morgan fingerprint density at radius 3 is 2.80 bits per heavy atom. The number of rotatable bonds is 5. The highest BCUT2D eigenvalue weighted by molar-refractivity contribution is 14.1. The van der Waals surface area contributed by atoms with Crippen LogP contribution in [0.1, 0.15) is 5.82 Å². The van der Waals surface area contributed by atoms with E-state index in [2.05, 4.69) is 32.9 Å². The van der Waals surface area contributed by atoms with E-state index in [-0.39, 0.29) is 19.1 Å². The van der Waals surface area contributed by atoms with Gasteiger partial charge in [0.2, 0.25) is 0 Å². The van der Waals surface area contributed by atoms with Crippen LogP contribution in [0.2, 0.25) is 0 Å². The monoisotopic (exact) mass is 449 g/mol. The van der Waals surface area contributed by atoms with Crippen LogP contribution in [0, 0.1) is 10.5 Å². The molecule has 0 saturated carbocycles. The molecule has 0 atom stereocenters. The Morgan fingerprint density at radius 2 is 2.00 bits per heavy atom. The first-order valence-electron chi connectivity index (χ1n) is 7.66. The van der Waals surface area contributed by atoms with Crippen LogP contribution in [0.5, 0.6) is 0 Å². The summed E-state index contributed by atoms with van der Waals surface area (Å²) in [5.74, 6) is -0.131. The Morgan fingerprint density at radius 1 is 1.20 bits per heavy atom. The van der Waals surface area contributed by atoms with E-state index in [0.717, 1.165) is 20.4 Å². The summed E-state index contributed by atoms with van der Waals surface area (Å²) in [6.07, 6.45) is 0. The number of nitrogens with one attached hydrogen (secondary N) is 1. The summed E-state index contributed by atoms with van der Waals surface area (Å²) in [5, 5.41) is 2.70. The Labute approximate surface area is 158 Å². The number of nitrogens with zero attached hydrogens (tertiary/aromatic N) is 2. The zero-order valence-corrected chi connectivity index (χ0v) is 15.7. The van der Waals surface area contributed by atoms with Gasteiger partial charge in [-0.15, -0.1) is 0 Å². The van der Waals surface area contributed by atoms with Crippen molar-refractivity contribution in [3.05, 3.63) is 57.9 Å². The van der Waals surface area contributed by atoms with E-state index in [4.69, 9.17) is 4.74 Å². The number of amides is 1. The van der Waals surface area contributed by atoms with Gasteiger partial charge >= 0.3 is 5.97 Å². The van der Waals surface area contributed by atoms with E-state index in [1.165, 1.54) is 0 Å². The minimum Gasteiger partial charge on any atom is -0.454 e. The van der Waals surface area contributed by atoms with Crippen molar-refractivity contribution in [2.24, 2.45) is 0 Å². The number of halogens is 1. The van der Waals surface area contributed by atoms with Crippen LogP contribution < -0.4 is 5.32 Å². The zero-order chi connectivity index (χ0) is 17.8. The summed E-state index contributed by atoms with van der Waals surface area (Å²) in [5.41, 5.74) is 2.36. The molecule has 0 fully saturated rings. The molecule has 2 aromatic carbocycles. The Kier molecular flexibility index (Phi) is 5.32. The smallest absolute Gasteiger partial charge is 0.326 e. The second-order valence-corrected chi connectivity index (χ2v) is 6.70. The van der Waals surface area contributed by atoms with Gasteiger partial charge in [0.1, 0.15) is 12.4 Å². The lowest BCUT2D eigenvalue weighted by Crippen LogP contribution is -2.23. The number of ether oxygens (including phenoxy) is 1. The van der Waals surface area contributed by atoms with Crippen LogP contribution in [0.4, 0.5) is 5.69 Å². The number of esters is 1. The van der Waals surface area contributed by atoms with E-state index in [9.17, 15) is 9.59 Å². The molecule has 1 aromatic heterocycles. The summed E-state index contributed by atoms with van der Waals surface area (Å²) in [4.78, 5) is 28.4. The molecule has 3 rings (SSSR count). The molecular formula is C18H16IN3O3. The number of hydrogen-bond acceptors (Lipinski definition) is 4. The first-order valence-corrected chi connectivity index (χ1v) is 8.74. The third-order valence-corrected chi connectivity index (χ3v) is 4.28. The van der Waals surface area contributed by atoms with Gasteiger partial charge in [-0.25, -0.2) is 4.98 Å². The maximum absolute atomic E-state index is 12.1. The van der Waals surface area contributed by atoms with Crippen molar-refractivity contribution in [2.75, 3.05) is 11.9 Å². The Hall–Kier alpha value is -2.42. The molecule has 1 heterocycles. The van der Waals surface area contributed by atoms with Gasteiger partial charge in [0.25, 0.3) is 5.91 Å². The normalized spacial score (nSPS) is 10.6. The summed E-state index contributed by atoms with van der Waals surface area (Å²) >= 11 is 2.16. The number of imidazole rings is 1. The summed E-state index contributed by atoms with van der Waals surface area (Å²) in [6.45, 7) is 1.52. The van der Waals surface area contributed by atoms with Crippen molar-refractivity contribution in [3.8, 4) is 0 Å². The molecule has 0 aliphatic rings. The number of para-hydroxylation sites is 2. The number of carbonyl (C=O) groups excluding carboxylic acids is 2. The molecular weight excluding hydrogens is 433 g/mol. The second-order valence-electron chi connectivity index (χ2n) is 5.45. The molecule has 1 N–H and O–H groups in total. The fourth-order valence-corrected chi connectivity index (χ4v) is 3.02. The minimum absolute atomic E-state index is 0.0167. The molecule has 0 aliphatic carbocycles. The predicted octanol–water partition coefficient (Wildman–Crippen LogP) is 3.13. The van der Waals surface area contributed by atoms with Gasteiger partial charge in [0.05, 0.1) is 11.0 Å². The highest BCUT2D eigenvalue weighted by Gasteiger charge is 2.13. The summed E-state index contributed by atoms with van der Waals surface area (Å²) in [7, 11) is 0. The number of aryl methyl sites for hydroxylation is 1.